The van der Waals surface area contributed by atoms with Crippen LogP contribution in [0.1, 0.15) is 0 Å². The highest BCUT2D eigenvalue weighted by Gasteiger charge is 2.22. The second-order valence-corrected chi connectivity index (χ2v) is 4.78. The van der Waals surface area contributed by atoms with Crippen molar-refractivity contribution in [2.24, 2.45) is 0 Å². The van der Waals surface area contributed by atoms with Crippen molar-refractivity contribution in [3.63, 3.8) is 0 Å². The quantitative estimate of drug-likeness (QED) is 0.327. The van der Waals surface area contributed by atoms with E-state index in [0.29, 0.717) is 0 Å². The third-order valence-corrected chi connectivity index (χ3v) is 3.32. The van der Waals surface area contributed by atoms with Gasteiger partial charge in [0.25, 0.3) is 0 Å². The molecule has 0 aliphatic carbocycles. The molecule has 3 rings (SSSR count). The number of hydrogen-bond acceptors (Lipinski definition) is 8. The molecule has 3 aromatic rings. The topological polar surface area (TPSA) is 215 Å². The van der Waals surface area contributed by atoms with Gasteiger partial charge in [0.05, 0.1) is 0 Å². The smallest absolute Gasteiger partial charge is 0.238 e. The summed E-state index contributed by atoms with van der Waals surface area (Å²) in [6.45, 7) is 0. The second-order valence-electron chi connectivity index (χ2n) is 4.78. The average molecular weight is 354 g/mol. The maximum absolute atomic E-state index is 12.2. The van der Waals surface area contributed by atoms with Crippen molar-refractivity contribution in [1.29, 1.82) is 0 Å². The van der Waals surface area contributed by atoms with Crippen molar-refractivity contribution in [3.05, 3.63) is 34.5 Å². The van der Waals surface area contributed by atoms with Crippen LogP contribution >= 0.6 is 0 Å². The molecule has 0 spiro atoms. The Balaban J connectivity index is 0.00000156. The summed E-state index contributed by atoms with van der Waals surface area (Å²) in [6.07, 6.45) is 0. The molecule has 134 valence electrons. The highest BCUT2D eigenvalue weighted by Crippen LogP contribution is 2.42. The molecule has 10 heteroatoms. The predicted octanol–water partition coefficient (Wildman–Crippen LogP) is 0.0442. The number of fused-ring (bicyclic) bond motifs is 1. The number of phenolic OH excluding ortho intramolecular Hbond substituents is 5. The molecule has 0 fully saturated rings. The Morgan fingerprint density at radius 1 is 0.720 bits per heavy atom. The van der Waals surface area contributed by atoms with Crippen LogP contribution in [0.15, 0.2) is 33.5 Å². The second kappa shape index (κ2) is 6.47. The van der Waals surface area contributed by atoms with Crippen LogP contribution in [0.3, 0.4) is 0 Å². The summed E-state index contributed by atoms with van der Waals surface area (Å²) in [7, 11) is 0. The zero-order valence-electron chi connectivity index (χ0n) is 12.3. The Bertz CT molecular complexity index is 1010. The van der Waals surface area contributed by atoms with E-state index >= 15 is 0 Å². The Labute approximate surface area is 138 Å². The fraction of sp³-hybridized carbons (Fsp3) is 0. The van der Waals surface area contributed by atoms with Gasteiger partial charge in [-0.05, 0) is 18.2 Å². The van der Waals surface area contributed by atoms with E-state index < -0.39 is 45.3 Å². The van der Waals surface area contributed by atoms with E-state index in [1.165, 1.54) is 6.07 Å². The number of benzene rings is 2. The Morgan fingerprint density at radius 2 is 1.36 bits per heavy atom. The number of aromatic hydroxyl groups is 6. The molecule has 0 amide bonds. The zero-order chi connectivity index (χ0) is 16.9. The fourth-order valence-electron chi connectivity index (χ4n) is 2.16. The van der Waals surface area contributed by atoms with Crippen molar-refractivity contribution in [3.8, 4) is 45.8 Å². The molecule has 0 aliphatic heterocycles. The maximum Gasteiger partial charge on any atom is 0.238 e. The molecule has 2 aromatic carbocycles. The highest BCUT2D eigenvalue weighted by molar-refractivity contribution is 5.91. The molecular formula is C15H14O10. The van der Waals surface area contributed by atoms with Crippen molar-refractivity contribution in [2.75, 3.05) is 0 Å². The van der Waals surface area contributed by atoms with Crippen LogP contribution in [-0.2, 0) is 0 Å². The van der Waals surface area contributed by atoms with E-state index in [9.17, 15) is 35.4 Å². The lowest BCUT2D eigenvalue weighted by Gasteiger charge is -2.09. The van der Waals surface area contributed by atoms with E-state index in [4.69, 9.17) is 4.42 Å². The molecule has 0 radical (unpaired) electrons. The Hall–Kier alpha value is -3.63. The Kier molecular flexibility index (Phi) is 5.02. The lowest BCUT2D eigenvalue weighted by Crippen LogP contribution is -2.03. The predicted molar refractivity (Wildman–Crippen MR) is 85.1 cm³/mol. The van der Waals surface area contributed by atoms with Crippen molar-refractivity contribution in [1.82, 2.24) is 0 Å². The number of hydrogen-bond donors (Lipinski definition) is 6. The van der Waals surface area contributed by atoms with Gasteiger partial charge in [-0.15, -0.1) is 0 Å². The molecule has 0 saturated heterocycles. The van der Waals surface area contributed by atoms with E-state index in [-0.39, 0.29) is 27.9 Å². The lowest BCUT2D eigenvalue weighted by atomic mass is 10.1. The Morgan fingerprint density at radius 3 is 1.96 bits per heavy atom. The van der Waals surface area contributed by atoms with E-state index in [0.717, 1.165) is 18.2 Å². The van der Waals surface area contributed by atoms with Crippen LogP contribution in [0, 0.1) is 0 Å². The van der Waals surface area contributed by atoms with Crippen molar-refractivity contribution < 1.29 is 46.0 Å². The van der Waals surface area contributed by atoms with Gasteiger partial charge in [0.2, 0.25) is 16.9 Å². The maximum atomic E-state index is 12.2. The molecule has 10 N–H and O–H groups in total. The summed E-state index contributed by atoms with van der Waals surface area (Å²) in [5.74, 6) is -4.69. The summed E-state index contributed by atoms with van der Waals surface area (Å²) in [6, 6.07) is 4.35. The summed E-state index contributed by atoms with van der Waals surface area (Å²) >= 11 is 0. The van der Waals surface area contributed by atoms with E-state index in [2.05, 4.69) is 0 Å². The fourth-order valence-corrected chi connectivity index (χ4v) is 2.16. The SMILES string of the molecule is O.O.O=c1c(O)c(-c2ccc(O)c(O)c2)oc2cc(O)c(O)c(O)c12. The van der Waals surface area contributed by atoms with Gasteiger partial charge in [-0.1, -0.05) is 0 Å². The molecule has 0 unspecified atom stereocenters. The molecule has 0 atom stereocenters. The number of phenols is 5. The summed E-state index contributed by atoms with van der Waals surface area (Å²) in [4.78, 5) is 12.2. The van der Waals surface area contributed by atoms with Gasteiger partial charge in [-0.2, -0.15) is 0 Å². The molecule has 10 nitrogen and oxygen atoms in total. The average Bonchev–Trinajstić information content (AvgIpc) is 2.51. The first kappa shape index (κ1) is 19.4. The normalized spacial score (nSPS) is 10.1. The standard InChI is InChI=1S/C15H10O8.2H2O/c16-6-2-1-5(3-7(6)17)15-14(22)13(21)10-9(23-15)4-8(18)11(19)12(10)20;;/h1-4,16-20,22H;2*1H2. The van der Waals surface area contributed by atoms with Crippen LogP contribution < -0.4 is 5.43 Å². The van der Waals surface area contributed by atoms with Crippen molar-refractivity contribution >= 4 is 11.0 Å². The molecule has 0 aliphatic rings. The largest absolute Gasteiger partial charge is 0.504 e. The van der Waals surface area contributed by atoms with Crippen LogP contribution in [0.2, 0.25) is 0 Å². The molecular weight excluding hydrogens is 340 g/mol. The minimum Gasteiger partial charge on any atom is -0.504 e. The third kappa shape index (κ3) is 2.82. The van der Waals surface area contributed by atoms with Crippen LogP contribution in [-0.4, -0.2) is 41.6 Å². The van der Waals surface area contributed by atoms with Crippen LogP contribution in [0.25, 0.3) is 22.3 Å². The van der Waals surface area contributed by atoms with Gasteiger partial charge in [-0.25, -0.2) is 0 Å². The molecule has 0 bridgehead atoms. The third-order valence-electron chi connectivity index (χ3n) is 3.32. The van der Waals surface area contributed by atoms with Gasteiger partial charge in [0.1, 0.15) is 11.0 Å². The lowest BCUT2D eigenvalue weighted by molar-refractivity contribution is 0.369. The molecule has 1 heterocycles. The van der Waals surface area contributed by atoms with E-state index in [1.54, 1.807) is 0 Å². The highest BCUT2D eigenvalue weighted by atomic mass is 16.4. The van der Waals surface area contributed by atoms with Crippen molar-refractivity contribution in [2.45, 2.75) is 0 Å². The molecule has 1 aromatic heterocycles. The zero-order valence-corrected chi connectivity index (χ0v) is 12.3. The number of rotatable bonds is 1. The molecule has 25 heavy (non-hydrogen) atoms. The minimum absolute atomic E-state index is 0. The first-order valence-electron chi connectivity index (χ1n) is 6.27. The van der Waals surface area contributed by atoms with E-state index in [1.807, 2.05) is 0 Å². The monoisotopic (exact) mass is 354 g/mol. The summed E-state index contributed by atoms with van der Waals surface area (Å²) in [5, 5.41) is 56.9. The summed E-state index contributed by atoms with van der Waals surface area (Å²) in [5.41, 5.74) is -1.26. The van der Waals surface area contributed by atoms with Crippen LogP contribution in [0.4, 0.5) is 0 Å². The van der Waals surface area contributed by atoms with Gasteiger partial charge in [-0.3, -0.25) is 4.79 Å². The van der Waals surface area contributed by atoms with Crippen LogP contribution in [0.5, 0.6) is 34.5 Å². The molecule has 0 saturated carbocycles. The van der Waals surface area contributed by atoms with Gasteiger partial charge in [0, 0.05) is 11.6 Å². The van der Waals surface area contributed by atoms with Gasteiger partial charge in [0.15, 0.2) is 28.8 Å². The first-order valence-corrected chi connectivity index (χ1v) is 6.27. The van der Waals surface area contributed by atoms with Gasteiger partial charge >= 0.3 is 0 Å². The first-order chi connectivity index (χ1) is 10.8. The minimum atomic E-state index is -1.04. The summed E-state index contributed by atoms with van der Waals surface area (Å²) < 4.78 is 5.30. The van der Waals surface area contributed by atoms with Gasteiger partial charge < -0.3 is 46.0 Å².